The number of aliphatic hydroxyl groups is 1. The van der Waals surface area contributed by atoms with E-state index in [0.29, 0.717) is 13.0 Å². The van der Waals surface area contributed by atoms with E-state index in [1.54, 1.807) is 0 Å². The first kappa shape index (κ1) is 10.4. The maximum atomic E-state index is 9.94. The molecule has 0 amide bonds. The van der Waals surface area contributed by atoms with Gasteiger partial charge in [0, 0.05) is 19.6 Å². The van der Waals surface area contributed by atoms with Crippen LogP contribution >= 0.6 is 0 Å². The smallest absolute Gasteiger partial charge is 0.280 e. The van der Waals surface area contributed by atoms with E-state index in [9.17, 15) is 5.11 Å². The Morgan fingerprint density at radius 1 is 1.14 bits per heavy atom. The summed E-state index contributed by atoms with van der Waals surface area (Å²) in [7, 11) is 0. The van der Waals surface area contributed by atoms with Gasteiger partial charge in [0.1, 0.15) is 0 Å². The number of rotatable bonds is 2. The molecule has 0 radical (unpaired) electrons. The highest BCUT2D eigenvalue weighted by Crippen LogP contribution is 2.27. The summed E-state index contributed by atoms with van der Waals surface area (Å²) in [5.41, 5.74) is 0. The largest absolute Gasteiger partial charge is 0.381 e. The van der Waals surface area contributed by atoms with Gasteiger partial charge >= 0.3 is 0 Å². The fourth-order valence-electron chi connectivity index (χ4n) is 1.90. The lowest BCUT2D eigenvalue weighted by atomic mass is 10.1. The highest BCUT2D eigenvalue weighted by molar-refractivity contribution is 4.68. The molecule has 0 aliphatic carbocycles. The van der Waals surface area contributed by atoms with Crippen LogP contribution in [0.25, 0.3) is 0 Å². The SMILES string of the molecule is OC1(OC2CCOCC2)CCCCO1. The molecule has 82 valence electrons. The Hall–Kier alpha value is -0.160. The predicted octanol–water partition coefficient (Wildman–Crippen LogP) is 1.03. The van der Waals surface area contributed by atoms with Crippen LogP contribution in [0, 0.1) is 0 Å². The molecule has 0 aromatic rings. The van der Waals surface area contributed by atoms with E-state index in [4.69, 9.17) is 14.2 Å². The summed E-state index contributed by atoms with van der Waals surface area (Å²) in [5, 5.41) is 9.94. The van der Waals surface area contributed by atoms with Crippen molar-refractivity contribution in [2.45, 2.75) is 44.2 Å². The average Bonchev–Trinajstić information content (AvgIpc) is 2.19. The van der Waals surface area contributed by atoms with Crippen LogP contribution in [0.15, 0.2) is 0 Å². The van der Waals surface area contributed by atoms with Crippen molar-refractivity contribution in [2.24, 2.45) is 0 Å². The van der Waals surface area contributed by atoms with Crippen molar-refractivity contribution in [3.05, 3.63) is 0 Å². The first-order chi connectivity index (χ1) is 6.79. The van der Waals surface area contributed by atoms with Crippen LogP contribution in [0.5, 0.6) is 0 Å². The van der Waals surface area contributed by atoms with Crippen molar-refractivity contribution in [1.29, 1.82) is 0 Å². The van der Waals surface area contributed by atoms with Gasteiger partial charge in [-0.1, -0.05) is 0 Å². The zero-order valence-electron chi connectivity index (χ0n) is 8.41. The quantitative estimate of drug-likeness (QED) is 0.679. The first-order valence-corrected chi connectivity index (χ1v) is 5.40. The molecule has 2 aliphatic rings. The molecular formula is C10H18O4. The van der Waals surface area contributed by atoms with Gasteiger partial charge in [0.05, 0.1) is 12.7 Å². The molecule has 0 aromatic carbocycles. The molecule has 2 fully saturated rings. The zero-order valence-corrected chi connectivity index (χ0v) is 8.41. The van der Waals surface area contributed by atoms with E-state index in [1.165, 1.54) is 0 Å². The van der Waals surface area contributed by atoms with Crippen molar-refractivity contribution in [2.75, 3.05) is 19.8 Å². The van der Waals surface area contributed by atoms with Gasteiger partial charge < -0.3 is 19.3 Å². The fraction of sp³-hybridized carbons (Fsp3) is 1.00. The highest BCUT2D eigenvalue weighted by atomic mass is 16.8. The molecule has 2 rings (SSSR count). The minimum Gasteiger partial charge on any atom is -0.381 e. The monoisotopic (exact) mass is 202 g/mol. The fourth-order valence-corrected chi connectivity index (χ4v) is 1.90. The standard InChI is InChI=1S/C10H18O4/c11-10(5-1-2-6-13-10)14-9-3-7-12-8-4-9/h9,11H,1-8H2. The van der Waals surface area contributed by atoms with Gasteiger partial charge in [0.2, 0.25) is 0 Å². The molecule has 4 nitrogen and oxygen atoms in total. The molecule has 4 heteroatoms. The molecule has 2 aliphatic heterocycles. The molecule has 0 aromatic heterocycles. The van der Waals surface area contributed by atoms with Crippen LogP contribution < -0.4 is 0 Å². The molecular weight excluding hydrogens is 184 g/mol. The molecule has 0 saturated carbocycles. The lowest BCUT2D eigenvalue weighted by Gasteiger charge is -2.36. The minimum absolute atomic E-state index is 0.0897. The third kappa shape index (κ3) is 2.67. The van der Waals surface area contributed by atoms with Crippen molar-refractivity contribution in [3.8, 4) is 0 Å². The van der Waals surface area contributed by atoms with Gasteiger partial charge in [-0.2, -0.15) is 0 Å². The highest BCUT2D eigenvalue weighted by Gasteiger charge is 2.35. The third-order valence-corrected chi connectivity index (χ3v) is 2.73. The van der Waals surface area contributed by atoms with Crippen LogP contribution in [-0.4, -0.2) is 37.0 Å². The third-order valence-electron chi connectivity index (χ3n) is 2.73. The van der Waals surface area contributed by atoms with Gasteiger partial charge in [-0.25, -0.2) is 0 Å². The molecule has 2 heterocycles. The topological polar surface area (TPSA) is 47.9 Å². The zero-order chi connectivity index (χ0) is 9.86. The van der Waals surface area contributed by atoms with Crippen LogP contribution in [0.1, 0.15) is 32.1 Å². The summed E-state index contributed by atoms with van der Waals surface area (Å²) < 4.78 is 16.1. The van der Waals surface area contributed by atoms with Crippen molar-refractivity contribution < 1.29 is 19.3 Å². The molecule has 14 heavy (non-hydrogen) atoms. The van der Waals surface area contributed by atoms with Crippen molar-refractivity contribution >= 4 is 0 Å². The Kier molecular flexibility index (Phi) is 3.38. The molecule has 0 bridgehead atoms. The van der Waals surface area contributed by atoms with Gasteiger partial charge in [-0.3, -0.25) is 0 Å². The lowest BCUT2D eigenvalue weighted by Crippen LogP contribution is -2.43. The number of hydrogen-bond acceptors (Lipinski definition) is 4. The summed E-state index contributed by atoms with van der Waals surface area (Å²) >= 11 is 0. The second-order valence-corrected chi connectivity index (χ2v) is 3.95. The van der Waals surface area contributed by atoms with Gasteiger partial charge in [-0.05, 0) is 25.7 Å². The van der Waals surface area contributed by atoms with Crippen LogP contribution in [0.2, 0.25) is 0 Å². The van der Waals surface area contributed by atoms with Gasteiger partial charge in [0.15, 0.2) is 0 Å². The molecule has 2 saturated heterocycles. The Balaban J connectivity index is 1.81. The molecule has 1 unspecified atom stereocenters. The van der Waals surface area contributed by atoms with E-state index < -0.39 is 5.97 Å². The Morgan fingerprint density at radius 3 is 2.57 bits per heavy atom. The van der Waals surface area contributed by atoms with E-state index >= 15 is 0 Å². The lowest BCUT2D eigenvalue weighted by molar-refractivity contribution is -0.390. The summed E-state index contributed by atoms with van der Waals surface area (Å²) in [5.74, 6) is -1.32. The van der Waals surface area contributed by atoms with Crippen LogP contribution in [-0.2, 0) is 14.2 Å². The normalized spacial score (nSPS) is 35.8. The van der Waals surface area contributed by atoms with Crippen molar-refractivity contribution in [3.63, 3.8) is 0 Å². The average molecular weight is 202 g/mol. The van der Waals surface area contributed by atoms with E-state index in [1.807, 2.05) is 0 Å². The molecule has 0 spiro atoms. The Bertz CT molecular complexity index is 171. The van der Waals surface area contributed by atoms with E-state index in [2.05, 4.69) is 0 Å². The predicted molar refractivity (Wildman–Crippen MR) is 49.7 cm³/mol. The van der Waals surface area contributed by atoms with Crippen molar-refractivity contribution in [1.82, 2.24) is 0 Å². The molecule has 1 atom stereocenters. The van der Waals surface area contributed by atoms with Gasteiger partial charge in [-0.15, -0.1) is 0 Å². The second-order valence-electron chi connectivity index (χ2n) is 3.95. The summed E-state index contributed by atoms with van der Waals surface area (Å²) in [6.07, 6.45) is 4.37. The Morgan fingerprint density at radius 2 is 1.93 bits per heavy atom. The second kappa shape index (κ2) is 4.57. The number of ether oxygens (including phenoxy) is 3. The van der Waals surface area contributed by atoms with Crippen LogP contribution in [0.3, 0.4) is 0 Å². The Labute approximate surface area is 84.1 Å². The van der Waals surface area contributed by atoms with E-state index in [0.717, 1.165) is 38.9 Å². The van der Waals surface area contributed by atoms with E-state index in [-0.39, 0.29) is 6.10 Å². The first-order valence-electron chi connectivity index (χ1n) is 5.40. The summed E-state index contributed by atoms with van der Waals surface area (Å²) in [4.78, 5) is 0. The summed E-state index contributed by atoms with van der Waals surface area (Å²) in [6, 6.07) is 0. The minimum atomic E-state index is -1.32. The molecule has 1 N–H and O–H groups in total. The number of hydrogen-bond donors (Lipinski definition) is 1. The maximum Gasteiger partial charge on any atom is 0.280 e. The maximum absolute atomic E-state index is 9.94. The van der Waals surface area contributed by atoms with Gasteiger partial charge in [0.25, 0.3) is 5.97 Å². The van der Waals surface area contributed by atoms with Crippen LogP contribution in [0.4, 0.5) is 0 Å². The summed E-state index contributed by atoms with van der Waals surface area (Å²) in [6.45, 7) is 2.04.